The van der Waals surface area contributed by atoms with Gasteiger partial charge in [-0.15, -0.1) is 0 Å². The summed E-state index contributed by atoms with van der Waals surface area (Å²) in [6.07, 6.45) is 3.02. The highest BCUT2D eigenvalue weighted by molar-refractivity contribution is 5.99. The van der Waals surface area contributed by atoms with E-state index in [9.17, 15) is 14.4 Å². The predicted molar refractivity (Wildman–Crippen MR) is 94.0 cm³/mol. The average molecular weight is 325 g/mol. The lowest BCUT2D eigenvalue weighted by atomic mass is 10.1. The molecule has 24 heavy (non-hydrogen) atoms. The Morgan fingerprint density at radius 3 is 2.50 bits per heavy atom. The number of nitrogens with zero attached hydrogens (tertiary/aromatic N) is 1. The first-order valence-corrected chi connectivity index (χ1v) is 7.38. The van der Waals surface area contributed by atoms with Gasteiger partial charge in [-0.1, -0.05) is 18.7 Å². The van der Waals surface area contributed by atoms with Crippen LogP contribution in [0, 0.1) is 6.92 Å². The molecule has 1 heterocycles. The molecule has 0 aliphatic rings. The standard InChI is InChI=1S/C18H19N3O3/c1-4-16(22)19-14-7-5-13(6-8-14)10-17(23)20-15-9-12(2)11-21(3)18(15)24/h4-9,11H,1,10H2,2-3H3,(H,19,22)(H,20,23). The number of pyridine rings is 1. The number of amides is 2. The molecule has 0 saturated heterocycles. The van der Waals surface area contributed by atoms with Crippen molar-refractivity contribution in [2.24, 2.45) is 7.05 Å². The molecule has 6 heteroatoms. The fourth-order valence-electron chi connectivity index (χ4n) is 2.25. The highest BCUT2D eigenvalue weighted by Gasteiger charge is 2.09. The summed E-state index contributed by atoms with van der Waals surface area (Å²) in [7, 11) is 1.64. The van der Waals surface area contributed by atoms with E-state index in [2.05, 4.69) is 17.2 Å². The quantitative estimate of drug-likeness (QED) is 0.825. The molecule has 0 fully saturated rings. The Bertz CT molecular complexity index is 836. The maximum Gasteiger partial charge on any atom is 0.274 e. The molecule has 0 spiro atoms. The van der Waals surface area contributed by atoms with Crippen LogP contribution < -0.4 is 16.2 Å². The Morgan fingerprint density at radius 2 is 1.88 bits per heavy atom. The Morgan fingerprint density at radius 1 is 1.21 bits per heavy atom. The number of anilines is 2. The number of benzene rings is 1. The lowest BCUT2D eigenvalue weighted by molar-refractivity contribution is -0.115. The normalized spacial score (nSPS) is 10.1. The minimum Gasteiger partial charge on any atom is -0.323 e. The summed E-state index contributed by atoms with van der Waals surface area (Å²) in [5.74, 6) is -0.573. The van der Waals surface area contributed by atoms with Gasteiger partial charge in [-0.25, -0.2) is 0 Å². The zero-order valence-electron chi connectivity index (χ0n) is 13.6. The molecule has 2 rings (SSSR count). The minimum atomic E-state index is -0.296. The molecule has 0 unspecified atom stereocenters. The van der Waals surface area contributed by atoms with Crippen LogP contribution in [0.15, 0.2) is 54.0 Å². The maximum absolute atomic E-state index is 12.1. The number of aromatic nitrogens is 1. The van der Waals surface area contributed by atoms with Crippen LogP contribution in [-0.2, 0) is 23.1 Å². The van der Waals surface area contributed by atoms with Gasteiger partial charge in [0, 0.05) is 18.9 Å². The molecular formula is C18H19N3O3. The third-order valence-corrected chi connectivity index (χ3v) is 3.37. The van der Waals surface area contributed by atoms with Crippen molar-refractivity contribution in [1.29, 1.82) is 0 Å². The highest BCUT2D eigenvalue weighted by Crippen LogP contribution is 2.11. The second-order valence-electron chi connectivity index (χ2n) is 5.46. The van der Waals surface area contributed by atoms with Gasteiger partial charge in [-0.3, -0.25) is 14.4 Å². The first kappa shape index (κ1) is 17.2. The van der Waals surface area contributed by atoms with Crippen molar-refractivity contribution in [2.75, 3.05) is 10.6 Å². The zero-order chi connectivity index (χ0) is 17.7. The molecule has 6 nitrogen and oxygen atoms in total. The summed E-state index contributed by atoms with van der Waals surface area (Å²) >= 11 is 0. The summed E-state index contributed by atoms with van der Waals surface area (Å²) in [5, 5.41) is 5.27. The molecule has 0 atom stereocenters. The molecule has 124 valence electrons. The lowest BCUT2D eigenvalue weighted by Crippen LogP contribution is -2.25. The topological polar surface area (TPSA) is 80.2 Å². The largest absolute Gasteiger partial charge is 0.323 e. The van der Waals surface area contributed by atoms with Gasteiger partial charge in [0.05, 0.1) is 6.42 Å². The molecule has 2 N–H and O–H groups in total. The molecule has 0 aliphatic carbocycles. The molecule has 1 aromatic carbocycles. The van der Waals surface area contributed by atoms with E-state index in [4.69, 9.17) is 0 Å². The fourth-order valence-corrected chi connectivity index (χ4v) is 2.25. The molecule has 0 aliphatic heterocycles. The van der Waals surface area contributed by atoms with Crippen molar-refractivity contribution in [2.45, 2.75) is 13.3 Å². The monoisotopic (exact) mass is 325 g/mol. The van der Waals surface area contributed by atoms with Gasteiger partial charge in [-0.05, 0) is 42.3 Å². The van der Waals surface area contributed by atoms with E-state index in [1.165, 1.54) is 10.6 Å². The number of hydrogen-bond donors (Lipinski definition) is 2. The Kier molecular flexibility index (Phi) is 5.31. The first-order valence-electron chi connectivity index (χ1n) is 7.38. The van der Waals surface area contributed by atoms with Crippen LogP contribution in [0.1, 0.15) is 11.1 Å². The van der Waals surface area contributed by atoms with Gasteiger partial charge in [0.1, 0.15) is 5.69 Å². The third-order valence-electron chi connectivity index (χ3n) is 3.37. The molecular weight excluding hydrogens is 306 g/mol. The minimum absolute atomic E-state index is 0.132. The van der Waals surface area contributed by atoms with Crippen LogP contribution in [0.25, 0.3) is 0 Å². The van der Waals surface area contributed by atoms with Crippen LogP contribution in [0.2, 0.25) is 0 Å². The number of aryl methyl sites for hydroxylation is 2. The van der Waals surface area contributed by atoms with Crippen LogP contribution in [0.4, 0.5) is 11.4 Å². The number of rotatable bonds is 5. The maximum atomic E-state index is 12.1. The van der Waals surface area contributed by atoms with E-state index >= 15 is 0 Å². The molecule has 2 amide bonds. The van der Waals surface area contributed by atoms with Crippen LogP contribution in [0.3, 0.4) is 0 Å². The Hall–Kier alpha value is -3.15. The van der Waals surface area contributed by atoms with Gasteiger partial charge in [0.25, 0.3) is 5.56 Å². The van der Waals surface area contributed by atoms with Crippen molar-refractivity contribution in [3.63, 3.8) is 0 Å². The first-order chi connectivity index (χ1) is 11.4. The van der Waals surface area contributed by atoms with E-state index in [-0.39, 0.29) is 29.5 Å². The highest BCUT2D eigenvalue weighted by atomic mass is 16.2. The number of carbonyl (C=O) groups excluding carboxylic acids is 2. The van der Waals surface area contributed by atoms with E-state index in [1.54, 1.807) is 43.6 Å². The van der Waals surface area contributed by atoms with Gasteiger partial charge in [0.15, 0.2) is 0 Å². The zero-order valence-corrected chi connectivity index (χ0v) is 13.6. The second kappa shape index (κ2) is 7.41. The van der Waals surface area contributed by atoms with Crippen LogP contribution in [0.5, 0.6) is 0 Å². The molecule has 0 saturated carbocycles. The van der Waals surface area contributed by atoms with Crippen molar-refractivity contribution in [1.82, 2.24) is 4.57 Å². The summed E-state index contributed by atoms with van der Waals surface area (Å²) < 4.78 is 1.43. The smallest absolute Gasteiger partial charge is 0.274 e. The van der Waals surface area contributed by atoms with Gasteiger partial charge in [-0.2, -0.15) is 0 Å². The number of nitrogens with one attached hydrogen (secondary N) is 2. The van der Waals surface area contributed by atoms with E-state index in [0.29, 0.717) is 5.69 Å². The number of carbonyl (C=O) groups is 2. The summed E-state index contributed by atoms with van der Waals surface area (Å²) in [5.41, 5.74) is 2.29. The van der Waals surface area contributed by atoms with Gasteiger partial charge >= 0.3 is 0 Å². The predicted octanol–water partition coefficient (Wildman–Crippen LogP) is 2.00. The summed E-state index contributed by atoms with van der Waals surface area (Å²) in [4.78, 5) is 35.3. The molecule has 0 radical (unpaired) electrons. The third kappa shape index (κ3) is 4.42. The van der Waals surface area contributed by atoms with Gasteiger partial charge < -0.3 is 15.2 Å². The molecule has 1 aromatic heterocycles. The van der Waals surface area contributed by atoms with Crippen molar-refractivity contribution < 1.29 is 9.59 Å². The van der Waals surface area contributed by atoms with E-state index in [0.717, 1.165) is 11.1 Å². The van der Waals surface area contributed by atoms with Crippen LogP contribution >= 0.6 is 0 Å². The van der Waals surface area contributed by atoms with Crippen LogP contribution in [-0.4, -0.2) is 16.4 Å². The average Bonchev–Trinajstić information content (AvgIpc) is 2.53. The summed E-state index contributed by atoms with van der Waals surface area (Å²) in [6, 6.07) is 8.54. The van der Waals surface area contributed by atoms with E-state index < -0.39 is 0 Å². The van der Waals surface area contributed by atoms with E-state index in [1.807, 2.05) is 6.92 Å². The van der Waals surface area contributed by atoms with Crippen molar-refractivity contribution in [3.05, 3.63) is 70.7 Å². The SMILES string of the molecule is C=CC(=O)Nc1ccc(CC(=O)Nc2cc(C)cn(C)c2=O)cc1. The molecule has 2 aromatic rings. The Labute approximate surface area is 139 Å². The summed E-state index contributed by atoms with van der Waals surface area (Å²) in [6.45, 7) is 5.23. The lowest BCUT2D eigenvalue weighted by Gasteiger charge is -2.08. The molecule has 0 bridgehead atoms. The Balaban J connectivity index is 2.04. The van der Waals surface area contributed by atoms with Crippen molar-refractivity contribution in [3.8, 4) is 0 Å². The second-order valence-corrected chi connectivity index (χ2v) is 5.46. The van der Waals surface area contributed by atoms with Gasteiger partial charge in [0.2, 0.25) is 11.8 Å². The fraction of sp³-hybridized carbons (Fsp3) is 0.167. The van der Waals surface area contributed by atoms with Crippen molar-refractivity contribution >= 4 is 23.2 Å². The number of hydrogen-bond acceptors (Lipinski definition) is 3.